The van der Waals surface area contributed by atoms with E-state index >= 15 is 0 Å². The van der Waals surface area contributed by atoms with Crippen molar-refractivity contribution in [1.29, 1.82) is 0 Å². The highest BCUT2D eigenvalue weighted by Gasteiger charge is 2.20. The van der Waals surface area contributed by atoms with E-state index < -0.39 is 5.25 Å². The number of anilines is 2. The molecule has 1 aliphatic heterocycles. The van der Waals surface area contributed by atoms with Crippen molar-refractivity contribution in [2.24, 2.45) is 0 Å². The van der Waals surface area contributed by atoms with Crippen molar-refractivity contribution in [3.8, 4) is 0 Å². The topological polar surface area (TPSA) is 70.2 Å². The van der Waals surface area contributed by atoms with Crippen molar-refractivity contribution < 1.29 is 14.0 Å². The van der Waals surface area contributed by atoms with Gasteiger partial charge in [-0.05, 0) is 61.3 Å². The van der Waals surface area contributed by atoms with Gasteiger partial charge in [0.05, 0.1) is 10.9 Å². The molecule has 5 nitrogen and oxygen atoms in total. The summed E-state index contributed by atoms with van der Waals surface area (Å²) < 4.78 is 14.7. The molecule has 1 atom stereocenters. The van der Waals surface area contributed by atoms with Crippen molar-refractivity contribution in [1.82, 2.24) is 5.32 Å². The average Bonchev–Trinajstić information content (AvgIpc) is 2.65. The number of benzene rings is 2. The van der Waals surface area contributed by atoms with Crippen LogP contribution in [0.25, 0.3) is 0 Å². The smallest absolute Gasteiger partial charge is 0.237 e. The lowest BCUT2D eigenvalue weighted by molar-refractivity contribution is -0.115. The fourth-order valence-corrected chi connectivity index (χ4v) is 3.81. The number of thioether (sulfide) groups is 1. The van der Waals surface area contributed by atoms with Gasteiger partial charge in [0.15, 0.2) is 0 Å². The molecule has 2 aromatic carbocycles. The molecule has 0 aliphatic carbocycles. The zero-order valence-corrected chi connectivity index (χ0v) is 16.1. The summed E-state index contributed by atoms with van der Waals surface area (Å²) in [6.07, 6.45) is 0.621. The van der Waals surface area contributed by atoms with E-state index in [-0.39, 0.29) is 23.3 Å². The molecule has 1 aliphatic rings. The zero-order valence-electron chi connectivity index (χ0n) is 15.3. The van der Waals surface area contributed by atoms with E-state index in [0.717, 1.165) is 17.0 Å². The quantitative estimate of drug-likeness (QED) is 0.686. The molecule has 2 aromatic rings. The van der Waals surface area contributed by atoms with Gasteiger partial charge in [-0.1, -0.05) is 6.07 Å². The van der Waals surface area contributed by atoms with Crippen LogP contribution in [0.1, 0.15) is 25.0 Å². The van der Waals surface area contributed by atoms with E-state index in [4.69, 9.17) is 0 Å². The minimum Gasteiger partial charge on any atom is -0.326 e. The molecule has 0 radical (unpaired) electrons. The van der Waals surface area contributed by atoms with Crippen LogP contribution in [0.3, 0.4) is 0 Å². The minimum absolute atomic E-state index is 0.133. The SMILES string of the molecule is CC(=O)Nc1ccc(SC(C)C(=O)Nc2ccc3c(c2F)CCNC3)cc1. The van der Waals surface area contributed by atoms with Crippen LogP contribution < -0.4 is 16.0 Å². The predicted molar refractivity (Wildman–Crippen MR) is 107 cm³/mol. The molecule has 3 rings (SSSR count). The van der Waals surface area contributed by atoms with Crippen LogP contribution in [0, 0.1) is 5.82 Å². The van der Waals surface area contributed by atoms with Gasteiger partial charge in [0.25, 0.3) is 0 Å². The molecule has 0 saturated carbocycles. The molecular formula is C20H22FN3O2S. The van der Waals surface area contributed by atoms with Crippen LogP contribution in [0.15, 0.2) is 41.3 Å². The first-order valence-electron chi connectivity index (χ1n) is 8.80. The van der Waals surface area contributed by atoms with Crippen LogP contribution >= 0.6 is 11.8 Å². The Hall–Kier alpha value is -2.38. The second-order valence-corrected chi connectivity index (χ2v) is 7.86. The molecule has 7 heteroatoms. The summed E-state index contributed by atoms with van der Waals surface area (Å²) in [5.41, 5.74) is 2.56. The second-order valence-electron chi connectivity index (χ2n) is 6.45. The molecule has 1 heterocycles. The summed E-state index contributed by atoms with van der Waals surface area (Å²) in [4.78, 5) is 24.4. The Morgan fingerprint density at radius 1 is 1.15 bits per heavy atom. The number of halogens is 1. The Kier molecular flexibility index (Phi) is 6.13. The molecule has 27 heavy (non-hydrogen) atoms. The number of amides is 2. The number of carbonyl (C=O) groups is 2. The molecule has 2 amide bonds. The first kappa shape index (κ1) is 19.4. The fourth-order valence-electron chi connectivity index (χ4n) is 2.94. The lowest BCUT2D eigenvalue weighted by Gasteiger charge is -2.20. The molecule has 0 aromatic heterocycles. The maximum absolute atomic E-state index is 14.7. The summed E-state index contributed by atoms with van der Waals surface area (Å²) in [6.45, 7) is 4.62. The molecule has 0 spiro atoms. The highest BCUT2D eigenvalue weighted by atomic mass is 32.2. The van der Waals surface area contributed by atoms with E-state index in [9.17, 15) is 14.0 Å². The third-order valence-electron chi connectivity index (χ3n) is 4.32. The molecule has 3 N–H and O–H groups in total. The maximum atomic E-state index is 14.7. The average molecular weight is 387 g/mol. The van der Waals surface area contributed by atoms with E-state index in [1.54, 1.807) is 25.1 Å². The van der Waals surface area contributed by atoms with E-state index in [0.29, 0.717) is 24.2 Å². The fraction of sp³-hybridized carbons (Fsp3) is 0.300. The van der Waals surface area contributed by atoms with Crippen LogP contribution in [0.4, 0.5) is 15.8 Å². The van der Waals surface area contributed by atoms with Gasteiger partial charge >= 0.3 is 0 Å². The minimum atomic E-state index is -0.395. The van der Waals surface area contributed by atoms with Crippen molar-refractivity contribution in [3.05, 3.63) is 53.3 Å². The van der Waals surface area contributed by atoms with Crippen molar-refractivity contribution in [3.63, 3.8) is 0 Å². The first-order chi connectivity index (χ1) is 12.9. The third-order valence-corrected chi connectivity index (χ3v) is 5.43. The lowest BCUT2D eigenvalue weighted by Crippen LogP contribution is -2.26. The van der Waals surface area contributed by atoms with Gasteiger partial charge in [0.1, 0.15) is 5.82 Å². The van der Waals surface area contributed by atoms with Crippen LogP contribution in [0.5, 0.6) is 0 Å². The van der Waals surface area contributed by atoms with Gasteiger partial charge < -0.3 is 16.0 Å². The number of hydrogen-bond acceptors (Lipinski definition) is 4. The maximum Gasteiger partial charge on any atom is 0.237 e. The van der Waals surface area contributed by atoms with Crippen LogP contribution in [-0.4, -0.2) is 23.6 Å². The van der Waals surface area contributed by atoms with E-state index in [1.165, 1.54) is 18.7 Å². The van der Waals surface area contributed by atoms with Crippen LogP contribution in [-0.2, 0) is 22.6 Å². The number of carbonyl (C=O) groups excluding carboxylic acids is 2. The van der Waals surface area contributed by atoms with Gasteiger partial charge in [-0.2, -0.15) is 0 Å². The Bertz CT molecular complexity index is 855. The summed E-state index contributed by atoms with van der Waals surface area (Å²) in [6, 6.07) is 10.7. The Balaban J connectivity index is 1.63. The van der Waals surface area contributed by atoms with Gasteiger partial charge in [0.2, 0.25) is 11.8 Å². The van der Waals surface area contributed by atoms with Crippen LogP contribution in [0.2, 0.25) is 0 Å². The van der Waals surface area contributed by atoms with E-state index in [2.05, 4.69) is 16.0 Å². The van der Waals surface area contributed by atoms with Crippen molar-refractivity contribution in [2.75, 3.05) is 17.2 Å². The lowest BCUT2D eigenvalue weighted by atomic mass is 9.99. The highest BCUT2D eigenvalue weighted by Crippen LogP contribution is 2.28. The van der Waals surface area contributed by atoms with Gasteiger partial charge in [-0.15, -0.1) is 11.8 Å². The monoisotopic (exact) mass is 387 g/mol. The summed E-state index contributed by atoms with van der Waals surface area (Å²) in [5, 5.41) is 8.22. The Labute approximate surface area is 162 Å². The molecule has 0 bridgehead atoms. The van der Waals surface area contributed by atoms with Crippen molar-refractivity contribution in [2.45, 2.75) is 37.0 Å². The number of nitrogens with one attached hydrogen (secondary N) is 3. The summed E-state index contributed by atoms with van der Waals surface area (Å²) >= 11 is 1.38. The Morgan fingerprint density at radius 2 is 1.89 bits per heavy atom. The van der Waals surface area contributed by atoms with E-state index in [1.807, 2.05) is 18.2 Å². The second kappa shape index (κ2) is 8.54. The number of hydrogen-bond donors (Lipinski definition) is 3. The standard InChI is InChI=1S/C20H22FN3O2S/c1-12(27-16-6-4-15(5-7-16)23-13(2)25)20(26)24-18-8-3-14-11-22-10-9-17(14)19(18)21/h3-8,12,22H,9-11H2,1-2H3,(H,23,25)(H,24,26). The summed E-state index contributed by atoms with van der Waals surface area (Å²) in [7, 11) is 0. The largest absolute Gasteiger partial charge is 0.326 e. The molecule has 0 saturated heterocycles. The zero-order chi connectivity index (χ0) is 19.4. The first-order valence-corrected chi connectivity index (χ1v) is 9.68. The Morgan fingerprint density at radius 3 is 2.59 bits per heavy atom. The number of rotatable bonds is 5. The summed E-state index contributed by atoms with van der Waals surface area (Å²) in [5.74, 6) is -0.719. The molecular weight excluding hydrogens is 365 g/mol. The van der Waals surface area contributed by atoms with Gasteiger partial charge in [-0.25, -0.2) is 4.39 Å². The van der Waals surface area contributed by atoms with Gasteiger partial charge in [-0.3, -0.25) is 9.59 Å². The highest BCUT2D eigenvalue weighted by molar-refractivity contribution is 8.00. The molecule has 1 unspecified atom stereocenters. The predicted octanol–water partition coefficient (Wildman–Crippen LogP) is 3.55. The number of fused-ring (bicyclic) bond motifs is 1. The normalized spacial score (nSPS) is 14.2. The molecule has 142 valence electrons. The van der Waals surface area contributed by atoms with Crippen molar-refractivity contribution >= 4 is 35.0 Å². The van der Waals surface area contributed by atoms with Gasteiger partial charge in [0, 0.05) is 24.1 Å². The third kappa shape index (κ3) is 4.87. The molecule has 0 fully saturated rings.